The zero-order valence-corrected chi connectivity index (χ0v) is 13.7. The molecular formula is C18H22ClN2O+. The van der Waals surface area contributed by atoms with Crippen molar-refractivity contribution < 1.29 is 9.69 Å². The van der Waals surface area contributed by atoms with Gasteiger partial charge in [-0.25, -0.2) is 0 Å². The number of amides is 1. The Labute approximate surface area is 136 Å². The Morgan fingerprint density at radius 1 is 1.14 bits per heavy atom. The topological polar surface area (TPSA) is 33.5 Å². The van der Waals surface area contributed by atoms with Crippen molar-refractivity contribution in [1.82, 2.24) is 5.32 Å². The number of likely N-dealkylation sites (N-methyl/N-ethyl adjacent to an activating group) is 1. The van der Waals surface area contributed by atoms with Crippen LogP contribution in [-0.4, -0.2) is 19.5 Å². The van der Waals surface area contributed by atoms with E-state index in [1.54, 1.807) is 0 Å². The number of carbonyl (C=O) groups is 1. The summed E-state index contributed by atoms with van der Waals surface area (Å²) in [6.45, 7) is 3.27. The first kappa shape index (κ1) is 16.5. The molecule has 1 amide bonds. The fourth-order valence-electron chi connectivity index (χ4n) is 2.41. The summed E-state index contributed by atoms with van der Waals surface area (Å²) in [7, 11) is 2.03. The number of benzene rings is 2. The lowest BCUT2D eigenvalue weighted by atomic mass is 10.1. The van der Waals surface area contributed by atoms with Gasteiger partial charge in [-0.05, 0) is 24.6 Å². The largest absolute Gasteiger partial charge is 0.345 e. The van der Waals surface area contributed by atoms with Gasteiger partial charge in [-0.1, -0.05) is 54.1 Å². The van der Waals surface area contributed by atoms with Crippen LogP contribution in [0.4, 0.5) is 0 Å². The normalized spacial score (nSPS) is 13.4. The monoisotopic (exact) mass is 317 g/mol. The van der Waals surface area contributed by atoms with E-state index in [2.05, 4.69) is 17.4 Å². The molecule has 4 heteroatoms. The summed E-state index contributed by atoms with van der Waals surface area (Å²) in [5.74, 6) is 0.0517. The van der Waals surface area contributed by atoms with E-state index in [1.165, 1.54) is 5.56 Å². The average molecular weight is 318 g/mol. The number of rotatable bonds is 6. The lowest BCUT2D eigenvalue weighted by Crippen LogP contribution is -3.08. The molecule has 2 aromatic rings. The van der Waals surface area contributed by atoms with Gasteiger partial charge in [-0.2, -0.15) is 0 Å². The van der Waals surface area contributed by atoms with Gasteiger partial charge in [0.25, 0.3) is 5.91 Å². The first-order valence-electron chi connectivity index (χ1n) is 7.44. The third kappa shape index (κ3) is 5.17. The molecule has 2 atom stereocenters. The molecule has 0 radical (unpaired) electrons. The molecule has 3 nitrogen and oxygen atoms in total. The van der Waals surface area contributed by atoms with Crippen LogP contribution in [0.25, 0.3) is 0 Å². The molecule has 0 bridgehead atoms. The summed E-state index contributed by atoms with van der Waals surface area (Å²) in [4.78, 5) is 13.3. The first-order chi connectivity index (χ1) is 10.5. The second kappa shape index (κ2) is 7.97. The minimum absolute atomic E-state index is 0.0192. The maximum Gasteiger partial charge on any atom is 0.275 e. The predicted octanol–water partition coefficient (Wildman–Crippen LogP) is 2.23. The summed E-state index contributed by atoms with van der Waals surface area (Å²) < 4.78 is 0. The molecule has 2 rings (SSSR count). The highest BCUT2D eigenvalue weighted by Crippen LogP contribution is 2.15. The van der Waals surface area contributed by atoms with E-state index in [0.29, 0.717) is 11.6 Å². The number of nitrogens with one attached hydrogen (secondary N) is 2. The van der Waals surface area contributed by atoms with Crippen molar-refractivity contribution >= 4 is 17.5 Å². The Morgan fingerprint density at radius 2 is 1.77 bits per heavy atom. The Kier molecular flexibility index (Phi) is 5.99. The molecule has 22 heavy (non-hydrogen) atoms. The fourth-order valence-corrected chi connectivity index (χ4v) is 2.53. The van der Waals surface area contributed by atoms with Crippen LogP contribution in [0.2, 0.25) is 5.02 Å². The SMILES string of the molecule is C[C@H](NC(=O)C[NH+](C)Cc1ccccc1)c1ccc(Cl)cc1. The molecule has 0 saturated carbocycles. The lowest BCUT2D eigenvalue weighted by molar-refractivity contribution is -0.885. The maximum absolute atomic E-state index is 12.1. The number of halogens is 1. The minimum Gasteiger partial charge on any atom is -0.345 e. The Balaban J connectivity index is 1.83. The van der Waals surface area contributed by atoms with Crippen LogP contribution in [0.5, 0.6) is 0 Å². The molecule has 2 aromatic carbocycles. The van der Waals surface area contributed by atoms with Crippen LogP contribution in [0.1, 0.15) is 24.1 Å². The molecule has 1 unspecified atom stereocenters. The second-order valence-corrected chi connectivity index (χ2v) is 6.07. The molecule has 0 aliphatic rings. The van der Waals surface area contributed by atoms with Crippen molar-refractivity contribution in [1.29, 1.82) is 0 Å². The van der Waals surface area contributed by atoms with Crippen molar-refractivity contribution in [2.24, 2.45) is 0 Å². The van der Waals surface area contributed by atoms with Crippen LogP contribution in [0.15, 0.2) is 54.6 Å². The fraction of sp³-hybridized carbons (Fsp3) is 0.278. The molecule has 0 aliphatic heterocycles. The Hall–Kier alpha value is -1.84. The zero-order valence-electron chi connectivity index (χ0n) is 13.0. The molecule has 116 valence electrons. The van der Waals surface area contributed by atoms with Crippen LogP contribution >= 0.6 is 11.6 Å². The molecule has 0 aromatic heterocycles. The summed E-state index contributed by atoms with van der Waals surface area (Å²) in [5, 5.41) is 3.73. The third-order valence-corrected chi connectivity index (χ3v) is 3.81. The van der Waals surface area contributed by atoms with Crippen LogP contribution in [0, 0.1) is 0 Å². The van der Waals surface area contributed by atoms with Gasteiger partial charge in [0.2, 0.25) is 0 Å². The molecular weight excluding hydrogens is 296 g/mol. The summed E-state index contributed by atoms with van der Waals surface area (Å²) >= 11 is 5.88. The minimum atomic E-state index is -0.0192. The van der Waals surface area contributed by atoms with Gasteiger partial charge >= 0.3 is 0 Å². The van der Waals surface area contributed by atoms with Crippen molar-refractivity contribution in [3.8, 4) is 0 Å². The molecule has 0 fully saturated rings. The smallest absolute Gasteiger partial charge is 0.275 e. The Morgan fingerprint density at radius 3 is 2.41 bits per heavy atom. The van der Waals surface area contributed by atoms with Gasteiger partial charge in [0.15, 0.2) is 6.54 Å². The quantitative estimate of drug-likeness (QED) is 0.841. The van der Waals surface area contributed by atoms with Gasteiger partial charge < -0.3 is 10.2 Å². The van der Waals surface area contributed by atoms with E-state index in [4.69, 9.17) is 11.6 Å². The Bertz CT molecular complexity index is 598. The van der Waals surface area contributed by atoms with E-state index < -0.39 is 0 Å². The van der Waals surface area contributed by atoms with E-state index in [-0.39, 0.29) is 11.9 Å². The van der Waals surface area contributed by atoms with E-state index in [9.17, 15) is 4.79 Å². The zero-order chi connectivity index (χ0) is 15.9. The molecule has 0 spiro atoms. The van der Waals surface area contributed by atoms with Crippen molar-refractivity contribution in [3.63, 3.8) is 0 Å². The highest BCUT2D eigenvalue weighted by atomic mass is 35.5. The lowest BCUT2D eigenvalue weighted by Gasteiger charge is -2.17. The van der Waals surface area contributed by atoms with Gasteiger partial charge in [0, 0.05) is 10.6 Å². The summed E-state index contributed by atoms with van der Waals surface area (Å²) in [6.07, 6.45) is 0. The highest BCUT2D eigenvalue weighted by Gasteiger charge is 2.14. The molecule has 0 aliphatic carbocycles. The summed E-state index contributed by atoms with van der Waals surface area (Å²) in [6, 6.07) is 17.7. The van der Waals surface area contributed by atoms with Gasteiger partial charge in [0.05, 0.1) is 13.1 Å². The number of carbonyl (C=O) groups excluding carboxylic acids is 1. The third-order valence-electron chi connectivity index (χ3n) is 3.56. The van der Waals surface area contributed by atoms with Crippen LogP contribution in [-0.2, 0) is 11.3 Å². The summed E-state index contributed by atoms with van der Waals surface area (Å²) in [5.41, 5.74) is 2.29. The maximum atomic E-state index is 12.1. The first-order valence-corrected chi connectivity index (χ1v) is 7.82. The van der Waals surface area contributed by atoms with Crippen molar-refractivity contribution in [3.05, 3.63) is 70.7 Å². The van der Waals surface area contributed by atoms with Gasteiger partial charge in [0.1, 0.15) is 6.54 Å². The second-order valence-electron chi connectivity index (χ2n) is 5.64. The van der Waals surface area contributed by atoms with Crippen molar-refractivity contribution in [2.75, 3.05) is 13.6 Å². The molecule has 2 N–H and O–H groups in total. The van der Waals surface area contributed by atoms with Crippen LogP contribution < -0.4 is 10.2 Å². The van der Waals surface area contributed by atoms with Crippen LogP contribution in [0.3, 0.4) is 0 Å². The molecule has 0 saturated heterocycles. The van der Waals surface area contributed by atoms with Crippen molar-refractivity contribution in [2.45, 2.75) is 19.5 Å². The standard InChI is InChI=1S/C18H21ClN2O/c1-14(16-8-10-17(19)11-9-16)20-18(22)13-21(2)12-15-6-4-3-5-7-15/h3-11,14H,12-13H2,1-2H3,(H,20,22)/p+1/t14-/m0/s1. The molecule has 0 heterocycles. The van der Waals surface area contributed by atoms with Gasteiger partial charge in [-0.3, -0.25) is 4.79 Å². The predicted molar refractivity (Wildman–Crippen MR) is 89.9 cm³/mol. The van der Waals surface area contributed by atoms with E-state index >= 15 is 0 Å². The highest BCUT2D eigenvalue weighted by molar-refractivity contribution is 6.30. The van der Waals surface area contributed by atoms with E-state index in [1.807, 2.05) is 56.4 Å². The number of hydrogen-bond donors (Lipinski definition) is 2. The number of quaternary nitrogens is 1. The number of hydrogen-bond acceptors (Lipinski definition) is 1. The van der Waals surface area contributed by atoms with E-state index in [0.717, 1.165) is 17.0 Å². The van der Waals surface area contributed by atoms with Gasteiger partial charge in [-0.15, -0.1) is 0 Å². The average Bonchev–Trinajstić information content (AvgIpc) is 2.48.